The standard InChI is InChI=1S/C26H29F3N4O3/c1-13(15-8-7-9-17(21(15)27)26(28,29)25(5,36)12-34)30-22-16-10-20-18(11-19(16)31-14(2)32-22)24(3,4)23(35)33(20)6/h7-11,13,34,36H,12H2,1-6H3,(H,30,31,32). The molecule has 0 saturated carbocycles. The van der Waals surface area contributed by atoms with Crippen LogP contribution in [-0.2, 0) is 16.1 Å². The fourth-order valence-electron chi connectivity index (χ4n) is 4.61. The van der Waals surface area contributed by atoms with Crippen LogP contribution in [0.1, 0.15) is 56.3 Å². The SMILES string of the molecule is Cc1nc(NC(C)c2cccc(C(F)(F)C(C)(O)CO)c2F)c2cc3c(cc2n1)C(C)(C)C(=O)N3C. The number of anilines is 2. The van der Waals surface area contributed by atoms with Gasteiger partial charge in [-0.05, 0) is 58.4 Å². The topological polar surface area (TPSA) is 98.6 Å². The molecule has 0 spiro atoms. The summed E-state index contributed by atoms with van der Waals surface area (Å²) in [6.45, 7) is 6.49. The summed E-state index contributed by atoms with van der Waals surface area (Å²) in [6.07, 6.45) is 0. The van der Waals surface area contributed by atoms with E-state index in [1.54, 1.807) is 31.9 Å². The molecule has 10 heteroatoms. The van der Waals surface area contributed by atoms with E-state index >= 15 is 4.39 Å². The average molecular weight is 503 g/mol. The van der Waals surface area contributed by atoms with Crippen LogP contribution in [0.3, 0.4) is 0 Å². The van der Waals surface area contributed by atoms with Crippen molar-refractivity contribution in [1.29, 1.82) is 0 Å². The lowest BCUT2D eigenvalue weighted by molar-refractivity contribution is -0.197. The third-order valence-corrected chi connectivity index (χ3v) is 6.97. The molecule has 0 aliphatic carbocycles. The van der Waals surface area contributed by atoms with Gasteiger partial charge >= 0.3 is 5.92 Å². The quantitative estimate of drug-likeness (QED) is 0.464. The minimum atomic E-state index is -4.04. The molecule has 1 aliphatic rings. The molecule has 1 amide bonds. The molecule has 0 fully saturated rings. The van der Waals surface area contributed by atoms with Crippen molar-refractivity contribution in [3.05, 3.63) is 58.7 Å². The number of hydrogen-bond donors (Lipinski definition) is 3. The Morgan fingerprint density at radius 1 is 1.22 bits per heavy atom. The zero-order valence-electron chi connectivity index (χ0n) is 20.9. The largest absolute Gasteiger partial charge is 0.393 e. The molecule has 0 bridgehead atoms. The van der Waals surface area contributed by atoms with Gasteiger partial charge < -0.3 is 20.4 Å². The normalized spacial score (nSPS) is 17.8. The molecule has 2 unspecified atom stereocenters. The van der Waals surface area contributed by atoms with Crippen molar-refractivity contribution in [1.82, 2.24) is 9.97 Å². The molecule has 2 aromatic carbocycles. The Morgan fingerprint density at radius 3 is 2.53 bits per heavy atom. The second-order valence-corrected chi connectivity index (χ2v) is 10.1. The van der Waals surface area contributed by atoms with Gasteiger partial charge in [0.25, 0.3) is 0 Å². The fourth-order valence-corrected chi connectivity index (χ4v) is 4.61. The van der Waals surface area contributed by atoms with Crippen molar-refractivity contribution in [2.45, 2.75) is 57.6 Å². The predicted octanol–water partition coefficient (Wildman–Crippen LogP) is 4.34. The van der Waals surface area contributed by atoms with Gasteiger partial charge in [0.2, 0.25) is 5.91 Å². The van der Waals surface area contributed by atoms with Crippen molar-refractivity contribution in [3.8, 4) is 0 Å². The molecule has 7 nitrogen and oxygen atoms in total. The van der Waals surface area contributed by atoms with Gasteiger partial charge in [-0.15, -0.1) is 0 Å². The number of aliphatic hydroxyl groups is 2. The number of aliphatic hydroxyl groups excluding tert-OH is 1. The monoisotopic (exact) mass is 502 g/mol. The van der Waals surface area contributed by atoms with Gasteiger partial charge in [0, 0.05) is 23.7 Å². The number of rotatable bonds is 6. The number of nitrogens with one attached hydrogen (secondary N) is 1. The Kier molecular flexibility index (Phi) is 6.04. The van der Waals surface area contributed by atoms with E-state index in [9.17, 15) is 23.8 Å². The van der Waals surface area contributed by atoms with Gasteiger partial charge in [-0.1, -0.05) is 12.1 Å². The first-order valence-electron chi connectivity index (χ1n) is 11.5. The zero-order chi connectivity index (χ0) is 26.8. The molecular weight excluding hydrogens is 473 g/mol. The summed E-state index contributed by atoms with van der Waals surface area (Å²) in [5, 5.41) is 22.9. The first kappa shape index (κ1) is 25.8. The number of nitrogens with zero attached hydrogens (tertiary/aromatic N) is 3. The first-order valence-corrected chi connectivity index (χ1v) is 11.5. The van der Waals surface area contributed by atoms with Crippen LogP contribution >= 0.6 is 0 Å². The van der Waals surface area contributed by atoms with Crippen LogP contribution in [0.2, 0.25) is 0 Å². The number of carbonyl (C=O) groups is 1. The minimum absolute atomic E-state index is 0.0565. The van der Waals surface area contributed by atoms with Crippen LogP contribution in [0.4, 0.5) is 24.7 Å². The van der Waals surface area contributed by atoms with E-state index in [0.717, 1.165) is 18.6 Å². The minimum Gasteiger partial charge on any atom is -0.393 e. The third-order valence-electron chi connectivity index (χ3n) is 6.97. The highest BCUT2D eigenvalue weighted by atomic mass is 19.3. The summed E-state index contributed by atoms with van der Waals surface area (Å²) in [7, 11) is 1.69. The van der Waals surface area contributed by atoms with Gasteiger partial charge in [-0.25, -0.2) is 14.4 Å². The Hall–Kier alpha value is -3.24. The highest BCUT2D eigenvalue weighted by Gasteiger charge is 2.52. The molecule has 3 N–H and O–H groups in total. The highest BCUT2D eigenvalue weighted by molar-refractivity contribution is 6.10. The van der Waals surface area contributed by atoms with Gasteiger partial charge in [0.05, 0.1) is 29.1 Å². The Morgan fingerprint density at radius 2 is 1.89 bits per heavy atom. The molecule has 2 heterocycles. The third kappa shape index (κ3) is 3.79. The van der Waals surface area contributed by atoms with E-state index in [1.165, 1.54) is 12.1 Å². The number of aromatic nitrogens is 2. The molecule has 1 aliphatic heterocycles. The maximum absolute atomic E-state index is 15.4. The zero-order valence-corrected chi connectivity index (χ0v) is 20.9. The summed E-state index contributed by atoms with van der Waals surface area (Å²) in [4.78, 5) is 23.3. The summed E-state index contributed by atoms with van der Waals surface area (Å²) < 4.78 is 45.1. The number of alkyl halides is 2. The summed E-state index contributed by atoms with van der Waals surface area (Å²) in [5.74, 6) is -4.49. The van der Waals surface area contributed by atoms with Crippen molar-refractivity contribution >= 4 is 28.3 Å². The molecule has 192 valence electrons. The maximum Gasteiger partial charge on any atom is 0.306 e. The fraction of sp³-hybridized carbons (Fsp3) is 0.423. The number of halogens is 3. The average Bonchev–Trinajstić information content (AvgIpc) is 2.97. The summed E-state index contributed by atoms with van der Waals surface area (Å²) in [5.41, 5.74) is -2.52. The van der Waals surface area contributed by atoms with E-state index in [0.29, 0.717) is 28.2 Å². The lowest BCUT2D eigenvalue weighted by atomic mass is 9.85. The van der Waals surface area contributed by atoms with E-state index in [4.69, 9.17) is 0 Å². The Balaban J connectivity index is 1.78. The number of aryl methyl sites for hydroxylation is 1. The van der Waals surface area contributed by atoms with Crippen LogP contribution in [0.5, 0.6) is 0 Å². The first-order chi connectivity index (χ1) is 16.6. The van der Waals surface area contributed by atoms with E-state index in [2.05, 4.69) is 15.3 Å². The smallest absolute Gasteiger partial charge is 0.306 e. The van der Waals surface area contributed by atoms with Gasteiger partial charge in [-0.2, -0.15) is 8.78 Å². The van der Waals surface area contributed by atoms with Crippen LogP contribution in [0, 0.1) is 12.7 Å². The number of likely N-dealkylation sites (N-methyl/N-ethyl adjacent to an activating group) is 1. The summed E-state index contributed by atoms with van der Waals surface area (Å²) in [6, 6.07) is 6.36. The van der Waals surface area contributed by atoms with E-state index < -0.39 is 41.0 Å². The highest BCUT2D eigenvalue weighted by Crippen LogP contribution is 2.44. The van der Waals surface area contributed by atoms with Crippen LogP contribution in [-0.4, -0.2) is 45.3 Å². The molecule has 4 rings (SSSR count). The van der Waals surface area contributed by atoms with Gasteiger partial charge in [-0.3, -0.25) is 4.79 Å². The van der Waals surface area contributed by atoms with Crippen LogP contribution < -0.4 is 10.2 Å². The molecule has 0 saturated heterocycles. The predicted molar refractivity (Wildman–Crippen MR) is 131 cm³/mol. The number of amides is 1. The van der Waals surface area contributed by atoms with Crippen LogP contribution in [0.15, 0.2) is 30.3 Å². The molecule has 36 heavy (non-hydrogen) atoms. The lowest BCUT2D eigenvalue weighted by Gasteiger charge is -2.32. The van der Waals surface area contributed by atoms with Crippen LogP contribution in [0.25, 0.3) is 10.9 Å². The van der Waals surface area contributed by atoms with E-state index in [-0.39, 0.29) is 11.5 Å². The molecular formula is C26H29F3N4O3. The van der Waals surface area contributed by atoms with Gasteiger partial charge in [0.1, 0.15) is 17.5 Å². The number of carbonyl (C=O) groups excluding carboxylic acids is 1. The Labute approximate surface area is 207 Å². The van der Waals surface area contributed by atoms with Crippen molar-refractivity contribution in [2.24, 2.45) is 0 Å². The number of fused-ring (bicyclic) bond motifs is 2. The Bertz CT molecular complexity index is 1370. The lowest BCUT2D eigenvalue weighted by Crippen LogP contribution is -2.47. The van der Waals surface area contributed by atoms with Crippen molar-refractivity contribution < 1.29 is 28.2 Å². The second kappa shape index (κ2) is 8.41. The number of hydrogen-bond acceptors (Lipinski definition) is 6. The molecule has 1 aromatic heterocycles. The molecule has 0 radical (unpaired) electrons. The second-order valence-electron chi connectivity index (χ2n) is 10.1. The van der Waals surface area contributed by atoms with Gasteiger partial charge in [0.15, 0.2) is 5.60 Å². The van der Waals surface area contributed by atoms with Crippen molar-refractivity contribution in [2.75, 3.05) is 23.9 Å². The molecule has 3 aromatic rings. The van der Waals surface area contributed by atoms with Crippen molar-refractivity contribution in [3.63, 3.8) is 0 Å². The molecule has 2 atom stereocenters. The maximum atomic E-state index is 15.4. The number of benzene rings is 2. The summed E-state index contributed by atoms with van der Waals surface area (Å²) >= 11 is 0. The van der Waals surface area contributed by atoms with E-state index in [1.807, 2.05) is 19.9 Å².